The maximum absolute atomic E-state index is 13.1. The number of ether oxygens (including phenoxy) is 1. The summed E-state index contributed by atoms with van der Waals surface area (Å²) in [5.74, 6) is 0.566. The third kappa shape index (κ3) is 6.50. The second-order valence-corrected chi connectivity index (χ2v) is 14.0. The number of aryl methyl sites for hydroxylation is 1. The number of benzene rings is 2. The third-order valence-corrected chi connectivity index (χ3v) is 10.5. The van der Waals surface area contributed by atoms with Crippen molar-refractivity contribution < 1.29 is 23.1 Å². The van der Waals surface area contributed by atoms with Gasteiger partial charge in [0.25, 0.3) is 5.91 Å². The third-order valence-electron chi connectivity index (χ3n) is 8.98. The predicted octanol–water partition coefficient (Wildman–Crippen LogP) is 5.41. The van der Waals surface area contributed by atoms with Gasteiger partial charge in [-0.05, 0) is 98.2 Å². The monoisotopic (exact) mass is 598 g/mol. The number of hydrogen-bond acceptors (Lipinski definition) is 6. The number of amides is 1. The van der Waals surface area contributed by atoms with Crippen LogP contribution in [0.2, 0.25) is 5.02 Å². The minimum atomic E-state index is -3.79. The molecule has 5 rings (SSSR count). The molecule has 2 aliphatic carbocycles. The first-order valence-electron chi connectivity index (χ1n) is 14.4. The zero-order valence-electron chi connectivity index (χ0n) is 23.4. The molecule has 1 saturated carbocycles. The minimum absolute atomic E-state index is 0.200. The van der Waals surface area contributed by atoms with Gasteiger partial charge in [-0.1, -0.05) is 29.8 Å². The Balaban J connectivity index is 1.48. The van der Waals surface area contributed by atoms with Crippen LogP contribution in [-0.2, 0) is 21.9 Å². The molecule has 41 heavy (non-hydrogen) atoms. The largest absolute Gasteiger partial charge is 0.490 e. The number of anilines is 1. The highest BCUT2D eigenvalue weighted by atomic mass is 35.5. The number of hydrogen-bond donors (Lipinski definition) is 2. The second-order valence-electron chi connectivity index (χ2n) is 11.8. The van der Waals surface area contributed by atoms with Crippen LogP contribution in [0, 0.1) is 11.8 Å². The van der Waals surface area contributed by atoms with Crippen molar-refractivity contribution >= 4 is 33.2 Å². The fraction of sp³-hybridized carbons (Fsp3) is 0.469. The SMILES string of the molecule is C=CCCS(=O)(=O)NC(=O)c1ccc2c(c1)N(C[C@@H]1CC[C@H]1C[C@H](O)C=C)CC1(CCCc3cc(Cl)ccc31)CO2. The summed E-state index contributed by atoms with van der Waals surface area (Å²) < 4.78 is 33.5. The van der Waals surface area contributed by atoms with Gasteiger partial charge in [0, 0.05) is 29.1 Å². The molecule has 0 aromatic heterocycles. The summed E-state index contributed by atoms with van der Waals surface area (Å²) in [5.41, 5.74) is 3.30. The summed E-state index contributed by atoms with van der Waals surface area (Å²) >= 11 is 6.37. The molecule has 4 atom stereocenters. The molecule has 2 N–H and O–H groups in total. The zero-order valence-corrected chi connectivity index (χ0v) is 24.9. The lowest BCUT2D eigenvalue weighted by atomic mass is 9.68. The van der Waals surface area contributed by atoms with Crippen molar-refractivity contribution in [2.45, 2.75) is 56.5 Å². The predicted molar refractivity (Wildman–Crippen MR) is 163 cm³/mol. The van der Waals surface area contributed by atoms with Crippen LogP contribution in [0.15, 0.2) is 61.7 Å². The van der Waals surface area contributed by atoms with Crippen LogP contribution >= 0.6 is 11.6 Å². The van der Waals surface area contributed by atoms with E-state index in [2.05, 4.69) is 34.9 Å². The van der Waals surface area contributed by atoms with Gasteiger partial charge in [-0.25, -0.2) is 13.1 Å². The molecule has 0 bridgehead atoms. The van der Waals surface area contributed by atoms with Crippen molar-refractivity contribution in [3.8, 4) is 5.75 Å². The molecule has 1 spiro atoms. The van der Waals surface area contributed by atoms with Gasteiger partial charge in [0.2, 0.25) is 10.0 Å². The maximum atomic E-state index is 13.1. The second kappa shape index (κ2) is 12.2. The fourth-order valence-corrected chi connectivity index (χ4v) is 7.80. The molecule has 1 unspecified atom stereocenters. The van der Waals surface area contributed by atoms with Gasteiger partial charge in [-0.3, -0.25) is 4.79 Å². The number of carbonyl (C=O) groups excluding carboxylic acids is 1. The van der Waals surface area contributed by atoms with Crippen LogP contribution in [0.25, 0.3) is 0 Å². The van der Waals surface area contributed by atoms with E-state index in [9.17, 15) is 18.3 Å². The summed E-state index contributed by atoms with van der Waals surface area (Å²) in [6.45, 7) is 9.24. The molecular weight excluding hydrogens is 560 g/mol. The number of fused-ring (bicyclic) bond motifs is 3. The van der Waals surface area contributed by atoms with Crippen molar-refractivity contribution in [3.05, 3.63) is 83.4 Å². The number of halogens is 1. The van der Waals surface area contributed by atoms with Gasteiger partial charge in [0.1, 0.15) is 5.75 Å². The van der Waals surface area contributed by atoms with E-state index in [0.717, 1.165) is 49.4 Å². The first-order chi connectivity index (χ1) is 19.6. The summed E-state index contributed by atoms with van der Waals surface area (Å²) in [6, 6.07) is 11.3. The van der Waals surface area contributed by atoms with Gasteiger partial charge in [-0.15, -0.1) is 13.2 Å². The van der Waals surface area contributed by atoms with Gasteiger partial charge < -0.3 is 14.7 Å². The summed E-state index contributed by atoms with van der Waals surface area (Å²) in [5, 5.41) is 11.0. The number of nitrogens with one attached hydrogen (secondary N) is 1. The Kier molecular flexibility index (Phi) is 8.83. The van der Waals surface area contributed by atoms with Gasteiger partial charge in [0.05, 0.1) is 24.2 Å². The van der Waals surface area contributed by atoms with Crippen molar-refractivity contribution in [2.24, 2.45) is 11.8 Å². The van der Waals surface area contributed by atoms with Crippen molar-refractivity contribution in [1.29, 1.82) is 0 Å². The Bertz CT molecular complexity index is 1430. The normalized spacial score (nSPS) is 24.2. The Labute approximate surface area is 248 Å². The number of allylic oxidation sites excluding steroid dienone is 1. The summed E-state index contributed by atoms with van der Waals surface area (Å²) in [7, 11) is -3.79. The molecule has 0 saturated heterocycles. The molecule has 7 nitrogen and oxygen atoms in total. The zero-order chi connectivity index (χ0) is 29.2. The van der Waals surface area contributed by atoms with E-state index in [1.807, 2.05) is 6.07 Å². The number of sulfonamides is 1. The van der Waals surface area contributed by atoms with Crippen LogP contribution in [0.3, 0.4) is 0 Å². The van der Waals surface area contributed by atoms with E-state index >= 15 is 0 Å². The Morgan fingerprint density at radius 3 is 2.76 bits per heavy atom. The molecule has 2 aromatic rings. The first kappa shape index (κ1) is 29.7. The smallest absolute Gasteiger partial charge is 0.264 e. The van der Waals surface area contributed by atoms with E-state index in [1.165, 1.54) is 17.2 Å². The Morgan fingerprint density at radius 1 is 1.22 bits per heavy atom. The summed E-state index contributed by atoms with van der Waals surface area (Å²) in [4.78, 5) is 15.4. The molecule has 1 fully saturated rings. The van der Waals surface area contributed by atoms with Gasteiger partial charge in [-0.2, -0.15) is 0 Å². The van der Waals surface area contributed by atoms with Crippen molar-refractivity contribution in [1.82, 2.24) is 4.72 Å². The van der Waals surface area contributed by atoms with E-state index in [4.69, 9.17) is 16.3 Å². The molecule has 1 heterocycles. The topological polar surface area (TPSA) is 95.9 Å². The lowest BCUT2D eigenvalue weighted by Gasteiger charge is -2.45. The average Bonchev–Trinajstić information content (AvgIpc) is 3.09. The highest BCUT2D eigenvalue weighted by molar-refractivity contribution is 7.90. The Hall–Kier alpha value is -2.81. The van der Waals surface area contributed by atoms with Crippen LogP contribution < -0.4 is 14.4 Å². The molecule has 1 amide bonds. The summed E-state index contributed by atoms with van der Waals surface area (Å²) in [6.07, 6.45) is 8.59. The number of nitrogens with zero attached hydrogens (tertiary/aromatic N) is 1. The van der Waals surface area contributed by atoms with Crippen molar-refractivity contribution in [2.75, 3.05) is 30.3 Å². The van der Waals surface area contributed by atoms with E-state index in [-0.39, 0.29) is 23.2 Å². The van der Waals surface area contributed by atoms with Crippen LogP contribution in [0.1, 0.15) is 60.0 Å². The molecular formula is C32H39ClN2O5S. The standard InChI is InChI=1S/C32H39ClN2O5S/c1-3-5-15-41(38,39)34-31(37)24-10-13-30-29(18-24)35(19-25-9-8-22(25)17-27(36)4-2)20-32(21-40-30)14-6-7-23-16-26(33)11-12-28(23)32/h3-4,10-13,16,18,22,25,27,36H,1-2,5-9,14-15,17,19-21H2,(H,34,37)/t22-,25-,27+,32?/m0/s1. The van der Waals surface area contributed by atoms with Crippen LogP contribution in [-0.4, -0.2) is 51.0 Å². The molecule has 3 aliphatic rings. The molecule has 2 aromatic carbocycles. The van der Waals surface area contributed by atoms with E-state index in [1.54, 1.807) is 24.3 Å². The fourth-order valence-electron chi connectivity index (χ4n) is 6.62. The molecule has 0 radical (unpaired) electrons. The quantitative estimate of drug-likeness (QED) is 0.355. The van der Waals surface area contributed by atoms with Crippen LogP contribution in [0.5, 0.6) is 5.75 Å². The van der Waals surface area contributed by atoms with Gasteiger partial charge >= 0.3 is 0 Å². The molecule has 1 aliphatic heterocycles. The van der Waals surface area contributed by atoms with E-state index in [0.29, 0.717) is 37.2 Å². The lowest BCUT2D eigenvalue weighted by Crippen LogP contribution is -2.48. The lowest BCUT2D eigenvalue weighted by molar-refractivity contribution is 0.0980. The molecule has 9 heteroatoms. The molecule has 220 valence electrons. The van der Waals surface area contributed by atoms with E-state index < -0.39 is 22.0 Å². The maximum Gasteiger partial charge on any atom is 0.264 e. The number of aliphatic hydroxyl groups is 1. The Morgan fingerprint density at radius 2 is 2.02 bits per heavy atom. The number of rotatable bonds is 10. The minimum Gasteiger partial charge on any atom is -0.490 e. The number of carbonyl (C=O) groups is 1. The van der Waals surface area contributed by atoms with Gasteiger partial charge in [0.15, 0.2) is 0 Å². The van der Waals surface area contributed by atoms with Crippen molar-refractivity contribution in [3.63, 3.8) is 0 Å². The highest BCUT2D eigenvalue weighted by Crippen LogP contribution is 2.46. The highest BCUT2D eigenvalue weighted by Gasteiger charge is 2.43. The average molecular weight is 599 g/mol. The van der Waals surface area contributed by atoms with Crippen LogP contribution in [0.4, 0.5) is 5.69 Å². The first-order valence-corrected chi connectivity index (χ1v) is 16.4. The number of aliphatic hydroxyl groups excluding tert-OH is 1.